The van der Waals surface area contributed by atoms with Gasteiger partial charge in [-0.05, 0) is 12.8 Å². The lowest BCUT2D eigenvalue weighted by Gasteiger charge is -2.11. The van der Waals surface area contributed by atoms with Crippen molar-refractivity contribution >= 4 is 23.2 Å². The lowest BCUT2D eigenvalue weighted by atomic mass is 10.2. The molecule has 0 saturated carbocycles. The molecule has 0 radical (unpaired) electrons. The third kappa shape index (κ3) is 3.69. The van der Waals surface area contributed by atoms with Crippen LogP contribution in [0, 0.1) is 0 Å². The first-order valence-electron chi connectivity index (χ1n) is 5.96. The van der Waals surface area contributed by atoms with Crippen molar-refractivity contribution in [3.05, 3.63) is 11.3 Å². The molecule has 0 aromatic carbocycles. The van der Waals surface area contributed by atoms with Gasteiger partial charge in [-0.25, -0.2) is 9.97 Å². The molecule has 0 aliphatic carbocycles. The van der Waals surface area contributed by atoms with Crippen LogP contribution in [-0.2, 0) is 9.47 Å². The van der Waals surface area contributed by atoms with Crippen LogP contribution in [0.1, 0.15) is 12.8 Å². The maximum Gasteiger partial charge on any atom is 0.150 e. The average Bonchev–Trinajstić information content (AvgIpc) is 2.87. The van der Waals surface area contributed by atoms with Gasteiger partial charge in [0.1, 0.15) is 17.2 Å². The lowest BCUT2D eigenvalue weighted by molar-refractivity contribution is 0.0206. The van der Waals surface area contributed by atoms with E-state index in [1.165, 1.54) is 6.33 Å². The van der Waals surface area contributed by atoms with Gasteiger partial charge >= 0.3 is 0 Å². The summed E-state index contributed by atoms with van der Waals surface area (Å²) in [5.74, 6) is 0.805. The Hall–Kier alpha value is -1.11. The van der Waals surface area contributed by atoms with Crippen molar-refractivity contribution < 1.29 is 9.47 Å². The number of anilines is 2. The first-order valence-corrected chi connectivity index (χ1v) is 6.34. The third-order valence-electron chi connectivity index (χ3n) is 2.68. The van der Waals surface area contributed by atoms with E-state index in [9.17, 15) is 0 Å². The minimum absolute atomic E-state index is 0.253. The van der Waals surface area contributed by atoms with E-state index in [1.54, 1.807) is 0 Å². The van der Waals surface area contributed by atoms with E-state index in [0.29, 0.717) is 30.6 Å². The van der Waals surface area contributed by atoms with Crippen LogP contribution in [0.3, 0.4) is 0 Å². The number of aromatic nitrogens is 2. The summed E-state index contributed by atoms with van der Waals surface area (Å²) in [7, 11) is 0. The molecule has 0 bridgehead atoms. The molecule has 100 valence electrons. The monoisotopic (exact) mass is 272 g/mol. The van der Waals surface area contributed by atoms with Gasteiger partial charge < -0.3 is 20.5 Å². The minimum Gasteiger partial charge on any atom is -0.382 e. The smallest absolute Gasteiger partial charge is 0.150 e. The van der Waals surface area contributed by atoms with Crippen LogP contribution in [0.15, 0.2) is 6.33 Å². The standard InChI is InChI=1S/C11H17ClN4O2/c12-9-10(13)15-7-16-11(9)14-3-5-17-6-8-2-1-4-18-8/h7-8H,1-6H2,(H3,13,14,15,16). The van der Waals surface area contributed by atoms with Crippen molar-refractivity contribution in [2.75, 3.05) is 37.4 Å². The van der Waals surface area contributed by atoms with Crippen molar-refractivity contribution in [1.29, 1.82) is 0 Å². The maximum absolute atomic E-state index is 5.94. The summed E-state index contributed by atoms with van der Waals surface area (Å²) in [5, 5.41) is 3.39. The van der Waals surface area contributed by atoms with Gasteiger partial charge in [-0.3, -0.25) is 0 Å². The molecule has 1 fully saturated rings. The fraction of sp³-hybridized carbons (Fsp3) is 0.636. The first kappa shape index (κ1) is 13.3. The predicted molar refractivity (Wildman–Crippen MR) is 69.7 cm³/mol. The van der Waals surface area contributed by atoms with Crippen LogP contribution in [0.2, 0.25) is 5.02 Å². The van der Waals surface area contributed by atoms with E-state index in [0.717, 1.165) is 19.4 Å². The molecule has 1 aromatic heterocycles. The second-order valence-electron chi connectivity index (χ2n) is 4.06. The fourth-order valence-electron chi connectivity index (χ4n) is 1.74. The Morgan fingerprint density at radius 3 is 3.22 bits per heavy atom. The molecular formula is C11H17ClN4O2. The molecule has 1 saturated heterocycles. The topological polar surface area (TPSA) is 82.3 Å². The molecule has 1 unspecified atom stereocenters. The van der Waals surface area contributed by atoms with Crippen molar-refractivity contribution in [1.82, 2.24) is 9.97 Å². The van der Waals surface area contributed by atoms with Gasteiger partial charge in [-0.1, -0.05) is 11.6 Å². The van der Waals surface area contributed by atoms with Crippen LogP contribution < -0.4 is 11.1 Å². The number of nitrogen functional groups attached to an aromatic ring is 1. The Labute approximate surface area is 111 Å². The molecule has 18 heavy (non-hydrogen) atoms. The predicted octanol–water partition coefficient (Wildman–Crippen LogP) is 1.32. The highest BCUT2D eigenvalue weighted by atomic mass is 35.5. The number of halogens is 1. The Morgan fingerprint density at radius 1 is 1.56 bits per heavy atom. The van der Waals surface area contributed by atoms with Gasteiger partial charge in [-0.15, -0.1) is 0 Å². The summed E-state index contributed by atoms with van der Waals surface area (Å²) < 4.78 is 11.0. The van der Waals surface area contributed by atoms with Gasteiger partial charge in [0.15, 0.2) is 5.82 Å². The lowest BCUT2D eigenvalue weighted by Crippen LogP contribution is -2.18. The number of hydrogen-bond donors (Lipinski definition) is 2. The van der Waals surface area contributed by atoms with E-state index in [1.807, 2.05) is 0 Å². The average molecular weight is 273 g/mol. The van der Waals surface area contributed by atoms with Gasteiger partial charge in [0, 0.05) is 13.2 Å². The number of nitrogens with two attached hydrogens (primary N) is 1. The van der Waals surface area contributed by atoms with Crippen molar-refractivity contribution in [2.45, 2.75) is 18.9 Å². The number of ether oxygens (including phenoxy) is 2. The largest absolute Gasteiger partial charge is 0.382 e. The Bertz CT molecular complexity index is 385. The van der Waals surface area contributed by atoms with E-state index >= 15 is 0 Å². The highest BCUT2D eigenvalue weighted by Gasteiger charge is 2.15. The molecule has 1 aliphatic heterocycles. The molecule has 1 aromatic rings. The van der Waals surface area contributed by atoms with Crippen LogP contribution in [0.5, 0.6) is 0 Å². The zero-order valence-electron chi connectivity index (χ0n) is 10.1. The third-order valence-corrected chi connectivity index (χ3v) is 3.06. The second-order valence-corrected chi connectivity index (χ2v) is 4.44. The summed E-state index contributed by atoms with van der Waals surface area (Å²) in [6, 6.07) is 0. The van der Waals surface area contributed by atoms with Crippen LogP contribution in [0.4, 0.5) is 11.6 Å². The van der Waals surface area contributed by atoms with Gasteiger partial charge in [-0.2, -0.15) is 0 Å². The molecule has 1 aliphatic rings. The Morgan fingerprint density at radius 2 is 2.44 bits per heavy atom. The minimum atomic E-state index is 0.253. The summed E-state index contributed by atoms with van der Waals surface area (Å²) in [6.45, 7) is 2.67. The van der Waals surface area contributed by atoms with Gasteiger partial charge in [0.25, 0.3) is 0 Å². The normalized spacial score (nSPS) is 19.1. The first-order chi connectivity index (χ1) is 8.77. The van der Waals surface area contributed by atoms with E-state index in [2.05, 4.69) is 15.3 Å². The van der Waals surface area contributed by atoms with Crippen LogP contribution >= 0.6 is 11.6 Å². The quantitative estimate of drug-likeness (QED) is 0.760. The number of rotatable bonds is 6. The zero-order chi connectivity index (χ0) is 12.8. The molecule has 0 spiro atoms. The molecule has 3 N–H and O–H groups in total. The van der Waals surface area contributed by atoms with E-state index in [4.69, 9.17) is 26.8 Å². The van der Waals surface area contributed by atoms with Crippen molar-refractivity contribution in [3.8, 4) is 0 Å². The highest BCUT2D eigenvalue weighted by molar-refractivity contribution is 6.35. The molecular weight excluding hydrogens is 256 g/mol. The van der Waals surface area contributed by atoms with E-state index < -0.39 is 0 Å². The molecule has 2 rings (SSSR count). The number of nitrogens with zero attached hydrogens (tertiary/aromatic N) is 2. The van der Waals surface area contributed by atoms with Gasteiger partial charge in [0.2, 0.25) is 0 Å². The maximum atomic E-state index is 5.94. The molecule has 2 heterocycles. The molecule has 6 nitrogen and oxygen atoms in total. The number of hydrogen-bond acceptors (Lipinski definition) is 6. The molecule has 0 amide bonds. The van der Waals surface area contributed by atoms with Gasteiger partial charge in [0.05, 0.1) is 19.3 Å². The van der Waals surface area contributed by atoms with Crippen molar-refractivity contribution in [2.24, 2.45) is 0 Å². The van der Waals surface area contributed by atoms with Crippen LogP contribution in [-0.4, -0.2) is 42.4 Å². The van der Waals surface area contributed by atoms with Crippen molar-refractivity contribution in [3.63, 3.8) is 0 Å². The zero-order valence-corrected chi connectivity index (χ0v) is 10.8. The molecule has 1 atom stereocenters. The Balaban J connectivity index is 1.64. The summed E-state index contributed by atoms with van der Waals surface area (Å²) >= 11 is 5.94. The Kier molecular flexibility index (Phi) is 4.98. The highest BCUT2D eigenvalue weighted by Crippen LogP contribution is 2.22. The summed E-state index contributed by atoms with van der Waals surface area (Å²) in [5.41, 5.74) is 5.56. The fourth-order valence-corrected chi connectivity index (χ4v) is 1.90. The molecule has 7 heteroatoms. The second kappa shape index (κ2) is 6.72. The summed E-state index contributed by atoms with van der Waals surface area (Å²) in [6.07, 6.45) is 3.84. The number of nitrogens with one attached hydrogen (secondary N) is 1. The van der Waals surface area contributed by atoms with Crippen LogP contribution in [0.25, 0.3) is 0 Å². The SMILES string of the molecule is Nc1ncnc(NCCOCC2CCCO2)c1Cl. The van der Waals surface area contributed by atoms with E-state index in [-0.39, 0.29) is 11.9 Å². The summed E-state index contributed by atoms with van der Waals surface area (Å²) in [4.78, 5) is 7.78.